The fraction of sp³-hybridized carbons (Fsp3) is 0.889. The normalized spacial score (nSPS) is 19.2. The second kappa shape index (κ2) is 15.1. The topological polar surface area (TPSA) is 49.8 Å². The zero-order valence-electron chi connectivity index (χ0n) is 21.3. The summed E-state index contributed by atoms with van der Waals surface area (Å²) in [5, 5.41) is 11.8. The summed E-state index contributed by atoms with van der Waals surface area (Å²) >= 11 is 0. The van der Waals surface area contributed by atoms with Gasteiger partial charge < -0.3 is 9.94 Å². The van der Waals surface area contributed by atoms with Crippen molar-refractivity contribution in [3.05, 3.63) is 12.2 Å². The van der Waals surface area contributed by atoms with E-state index in [4.69, 9.17) is 4.74 Å². The molecule has 1 saturated heterocycles. The molecule has 0 saturated carbocycles. The average molecular weight is 438 g/mol. The monoisotopic (exact) mass is 437 g/mol. The molecule has 0 atom stereocenters. The summed E-state index contributed by atoms with van der Waals surface area (Å²) in [6.45, 7) is 10.3. The lowest BCUT2D eigenvalue weighted by Gasteiger charge is -2.50. The second-order valence-electron chi connectivity index (χ2n) is 10.8. The van der Waals surface area contributed by atoms with Gasteiger partial charge in [0.2, 0.25) is 0 Å². The number of carbonyl (C=O) groups is 1. The van der Waals surface area contributed by atoms with Crippen LogP contribution in [0.15, 0.2) is 12.2 Å². The van der Waals surface area contributed by atoms with Gasteiger partial charge in [-0.25, -0.2) is 0 Å². The number of nitrogens with zero attached hydrogens (tertiary/aromatic N) is 1. The Kier molecular flexibility index (Phi) is 13.7. The van der Waals surface area contributed by atoms with Gasteiger partial charge in [0.1, 0.15) is 6.10 Å². The highest BCUT2D eigenvalue weighted by Gasteiger charge is 2.46. The Bertz CT molecular complexity index is 495. The first-order valence-electron chi connectivity index (χ1n) is 13.0. The molecule has 182 valence electrons. The van der Waals surface area contributed by atoms with E-state index in [0.29, 0.717) is 19.3 Å². The smallest absolute Gasteiger partial charge is 0.306 e. The van der Waals surface area contributed by atoms with Crippen LogP contribution in [0.1, 0.15) is 137 Å². The summed E-state index contributed by atoms with van der Waals surface area (Å²) in [4.78, 5) is 12.2. The third kappa shape index (κ3) is 12.1. The molecule has 1 aliphatic rings. The van der Waals surface area contributed by atoms with Crippen molar-refractivity contribution in [2.75, 3.05) is 0 Å². The number of allylic oxidation sites excluding steroid dienone is 2. The number of hydroxylamine groups is 2. The Morgan fingerprint density at radius 1 is 0.839 bits per heavy atom. The van der Waals surface area contributed by atoms with Crippen molar-refractivity contribution in [1.82, 2.24) is 5.06 Å². The van der Waals surface area contributed by atoms with Crippen LogP contribution in [-0.4, -0.2) is 33.4 Å². The van der Waals surface area contributed by atoms with Crippen LogP contribution in [0.4, 0.5) is 0 Å². The highest BCUT2D eigenvalue weighted by Crippen LogP contribution is 2.38. The van der Waals surface area contributed by atoms with Gasteiger partial charge in [-0.3, -0.25) is 4.79 Å². The minimum Gasteiger partial charge on any atom is -0.462 e. The SMILES string of the molecule is CCCCCCCC/C=C\CCCCCCCC(=O)OC1CC(C)(C)N(O)C(C)(C)C1. The van der Waals surface area contributed by atoms with Crippen molar-refractivity contribution >= 4 is 5.97 Å². The molecule has 0 amide bonds. The van der Waals surface area contributed by atoms with Crippen LogP contribution in [0.3, 0.4) is 0 Å². The Hall–Kier alpha value is -0.870. The molecule has 0 unspecified atom stereocenters. The molecule has 0 bridgehead atoms. The Morgan fingerprint density at radius 3 is 1.81 bits per heavy atom. The van der Waals surface area contributed by atoms with Gasteiger partial charge in [-0.15, -0.1) is 0 Å². The number of rotatable bonds is 16. The predicted molar refractivity (Wildman–Crippen MR) is 130 cm³/mol. The molecule has 31 heavy (non-hydrogen) atoms. The Balaban J connectivity index is 2.00. The molecule has 1 aliphatic heterocycles. The molecule has 1 rings (SSSR count). The lowest BCUT2D eigenvalue weighted by atomic mass is 9.80. The number of unbranched alkanes of at least 4 members (excludes halogenated alkanes) is 11. The summed E-state index contributed by atoms with van der Waals surface area (Å²) < 4.78 is 5.74. The van der Waals surface area contributed by atoms with Crippen LogP contribution in [0.2, 0.25) is 0 Å². The largest absolute Gasteiger partial charge is 0.462 e. The van der Waals surface area contributed by atoms with E-state index >= 15 is 0 Å². The van der Waals surface area contributed by atoms with Gasteiger partial charge in [-0.1, -0.05) is 70.4 Å². The molecule has 0 radical (unpaired) electrons. The molecule has 0 aromatic rings. The third-order valence-corrected chi connectivity index (χ3v) is 6.54. The third-order valence-electron chi connectivity index (χ3n) is 6.54. The van der Waals surface area contributed by atoms with Crippen molar-refractivity contribution in [2.45, 2.75) is 155 Å². The van der Waals surface area contributed by atoms with Crippen molar-refractivity contribution in [3.8, 4) is 0 Å². The van der Waals surface area contributed by atoms with Crippen molar-refractivity contribution in [2.24, 2.45) is 0 Å². The standard InChI is InChI=1S/C27H51NO3/c1-6-7-8-9-10-11-12-13-14-15-16-17-18-19-20-21-25(29)31-24-22-26(2,3)28(30)27(4,5)23-24/h13-14,24,30H,6-12,15-23H2,1-5H3/b14-13-. The van der Waals surface area contributed by atoms with Crippen LogP contribution in [-0.2, 0) is 9.53 Å². The maximum absolute atomic E-state index is 12.2. The number of hydrogen-bond acceptors (Lipinski definition) is 4. The summed E-state index contributed by atoms with van der Waals surface area (Å²) in [6.07, 6.45) is 22.8. The van der Waals surface area contributed by atoms with E-state index < -0.39 is 0 Å². The zero-order valence-corrected chi connectivity index (χ0v) is 21.3. The molecule has 1 fully saturated rings. The number of piperidine rings is 1. The van der Waals surface area contributed by atoms with Gasteiger partial charge in [0.05, 0.1) is 0 Å². The van der Waals surface area contributed by atoms with E-state index in [2.05, 4.69) is 19.1 Å². The second-order valence-corrected chi connectivity index (χ2v) is 10.8. The number of hydrogen-bond donors (Lipinski definition) is 1. The summed E-state index contributed by atoms with van der Waals surface area (Å²) in [5.41, 5.74) is -0.758. The molecule has 1 heterocycles. The van der Waals surface area contributed by atoms with Crippen molar-refractivity contribution in [3.63, 3.8) is 0 Å². The number of esters is 1. The van der Waals surface area contributed by atoms with E-state index in [1.165, 1.54) is 75.7 Å². The van der Waals surface area contributed by atoms with Crippen LogP contribution < -0.4 is 0 Å². The summed E-state index contributed by atoms with van der Waals surface area (Å²) in [7, 11) is 0. The van der Waals surface area contributed by atoms with Gasteiger partial charge in [-0.2, -0.15) is 5.06 Å². The van der Waals surface area contributed by atoms with E-state index in [-0.39, 0.29) is 23.2 Å². The van der Waals surface area contributed by atoms with Crippen molar-refractivity contribution < 1.29 is 14.7 Å². The van der Waals surface area contributed by atoms with Gasteiger partial charge >= 0.3 is 5.97 Å². The highest BCUT2D eigenvalue weighted by atomic mass is 16.5. The fourth-order valence-electron chi connectivity index (χ4n) is 4.85. The van der Waals surface area contributed by atoms with Gasteiger partial charge in [0, 0.05) is 30.3 Å². The van der Waals surface area contributed by atoms with E-state index in [9.17, 15) is 10.0 Å². The molecular weight excluding hydrogens is 386 g/mol. The zero-order chi connectivity index (χ0) is 23.2. The highest BCUT2D eigenvalue weighted by molar-refractivity contribution is 5.69. The molecule has 0 spiro atoms. The van der Waals surface area contributed by atoms with Crippen LogP contribution >= 0.6 is 0 Å². The molecule has 0 aromatic carbocycles. The molecule has 0 aliphatic carbocycles. The maximum Gasteiger partial charge on any atom is 0.306 e. The average Bonchev–Trinajstić information content (AvgIpc) is 2.68. The first-order valence-corrected chi connectivity index (χ1v) is 13.0. The molecule has 1 N–H and O–H groups in total. The van der Waals surface area contributed by atoms with Crippen molar-refractivity contribution in [1.29, 1.82) is 0 Å². The molecule has 4 nitrogen and oxygen atoms in total. The minimum atomic E-state index is -0.379. The van der Waals surface area contributed by atoms with E-state index in [1.54, 1.807) is 0 Å². The Morgan fingerprint density at radius 2 is 1.29 bits per heavy atom. The van der Waals surface area contributed by atoms with Gasteiger partial charge in [0.25, 0.3) is 0 Å². The predicted octanol–water partition coefficient (Wildman–Crippen LogP) is 7.98. The van der Waals surface area contributed by atoms with Crippen LogP contribution in [0.5, 0.6) is 0 Å². The molecule has 4 heteroatoms. The maximum atomic E-state index is 12.2. The minimum absolute atomic E-state index is 0.0828. The Labute approximate surface area is 192 Å². The van der Waals surface area contributed by atoms with Crippen LogP contribution in [0.25, 0.3) is 0 Å². The lowest BCUT2D eigenvalue weighted by Crippen LogP contribution is -2.60. The van der Waals surface area contributed by atoms with Crippen LogP contribution in [0, 0.1) is 0 Å². The van der Waals surface area contributed by atoms with Gasteiger partial charge in [-0.05, 0) is 59.8 Å². The fourth-order valence-corrected chi connectivity index (χ4v) is 4.85. The van der Waals surface area contributed by atoms with Gasteiger partial charge in [0.15, 0.2) is 0 Å². The molecular formula is C27H51NO3. The summed E-state index contributed by atoms with van der Waals surface area (Å²) in [5.74, 6) is -0.0828. The lowest BCUT2D eigenvalue weighted by molar-refractivity contribution is -0.259. The first kappa shape index (κ1) is 28.2. The van der Waals surface area contributed by atoms with E-state index in [1.807, 2.05) is 27.7 Å². The van der Waals surface area contributed by atoms with E-state index in [0.717, 1.165) is 12.8 Å². The molecule has 0 aromatic heterocycles. The summed E-state index contributed by atoms with van der Waals surface area (Å²) in [6, 6.07) is 0. The number of ether oxygens (including phenoxy) is 1. The number of carbonyl (C=O) groups excluding carboxylic acids is 1. The first-order chi connectivity index (χ1) is 14.7. The quantitative estimate of drug-likeness (QED) is 0.151.